The Labute approximate surface area is 200 Å². The Morgan fingerprint density at radius 1 is 1.03 bits per heavy atom. The summed E-state index contributed by atoms with van der Waals surface area (Å²) in [7, 11) is 0. The molecule has 0 bridgehead atoms. The van der Waals surface area contributed by atoms with Gasteiger partial charge in [0.1, 0.15) is 17.2 Å². The second-order valence-electron chi connectivity index (χ2n) is 8.23. The molecule has 0 unspecified atom stereocenters. The second kappa shape index (κ2) is 10.8. The third kappa shape index (κ3) is 6.75. The van der Waals surface area contributed by atoms with Crippen molar-refractivity contribution < 1.29 is 36.7 Å². The maximum Gasteiger partial charge on any atom is 0.573 e. The van der Waals surface area contributed by atoms with E-state index in [1.165, 1.54) is 24.3 Å². The van der Waals surface area contributed by atoms with Gasteiger partial charge in [0.05, 0.1) is 0 Å². The van der Waals surface area contributed by atoms with Crippen LogP contribution in [0.25, 0.3) is 22.6 Å². The lowest BCUT2D eigenvalue weighted by atomic mass is 10.0. The van der Waals surface area contributed by atoms with E-state index in [4.69, 9.17) is 14.0 Å². The number of carbonyl (C=O) groups is 1. The number of alkyl halides is 3. The normalized spacial score (nSPS) is 14.5. The Bertz CT molecular complexity index is 1120. The van der Waals surface area contributed by atoms with Gasteiger partial charge in [-0.2, -0.15) is 0 Å². The SMILES string of the molecule is Cc1c(-c2ccc(OCC(=O)NCC3CCOCC3)cc2)noc1-c1ccc(OC(F)(F)F)cc1. The zero-order chi connectivity index (χ0) is 24.8. The topological polar surface area (TPSA) is 82.8 Å². The number of amides is 1. The van der Waals surface area contributed by atoms with E-state index in [9.17, 15) is 18.0 Å². The molecule has 35 heavy (non-hydrogen) atoms. The van der Waals surface area contributed by atoms with E-state index >= 15 is 0 Å². The Balaban J connectivity index is 1.33. The van der Waals surface area contributed by atoms with Crippen molar-refractivity contribution in [3.63, 3.8) is 0 Å². The lowest BCUT2D eigenvalue weighted by Gasteiger charge is -2.22. The monoisotopic (exact) mass is 490 g/mol. The van der Waals surface area contributed by atoms with Gasteiger partial charge in [-0.1, -0.05) is 5.16 Å². The predicted octanol–water partition coefficient (Wildman–Crippen LogP) is 5.14. The van der Waals surface area contributed by atoms with Crippen LogP contribution in [0.4, 0.5) is 13.2 Å². The van der Waals surface area contributed by atoms with Crippen molar-refractivity contribution in [2.45, 2.75) is 26.1 Å². The van der Waals surface area contributed by atoms with Gasteiger partial charge in [-0.25, -0.2) is 0 Å². The first-order chi connectivity index (χ1) is 16.8. The van der Waals surface area contributed by atoms with Gasteiger partial charge in [-0.15, -0.1) is 13.2 Å². The molecule has 10 heteroatoms. The van der Waals surface area contributed by atoms with Crippen LogP contribution in [0.1, 0.15) is 18.4 Å². The molecule has 1 aliphatic rings. The molecule has 1 N–H and O–H groups in total. The third-order valence-electron chi connectivity index (χ3n) is 5.70. The van der Waals surface area contributed by atoms with Gasteiger partial charge in [-0.05, 0) is 74.2 Å². The first-order valence-corrected chi connectivity index (χ1v) is 11.2. The van der Waals surface area contributed by atoms with Crippen LogP contribution in [-0.4, -0.2) is 43.8 Å². The molecule has 1 fully saturated rings. The molecule has 7 nitrogen and oxygen atoms in total. The summed E-state index contributed by atoms with van der Waals surface area (Å²) in [5.74, 6) is 0.932. The molecule has 2 heterocycles. The Kier molecular flexibility index (Phi) is 7.60. The molecule has 0 atom stereocenters. The zero-order valence-corrected chi connectivity index (χ0v) is 19.1. The summed E-state index contributed by atoms with van der Waals surface area (Å²) in [5, 5.41) is 7.01. The van der Waals surface area contributed by atoms with Crippen LogP contribution in [0.5, 0.6) is 11.5 Å². The lowest BCUT2D eigenvalue weighted by Crippen LogP contribution is -2.35. The standard InChI is InChI=1S/C25H25F3N2O5/c1-16-23(30-35-24(16)19-4-8-21(9-5-19)34-25(26,27)28)18-2-6-20(7-3-18)33-15-22(31)29-14-17-10-12-32-13-11-17/h2-9,17H,10-15H2,1H3,(H,29,31). The molecule has 1 amide bonds. The number of benzene rings is 2. The van der Waals surface area contributed by atoms with Crippen LogP contribution in [0.2, 0.25) is 0 Å². The van der Waals surface area contributed by atoms with E-state index in [2.05, 4.69) is 15.2 Å². The molecule has 1 aliphatic heterocycles. The van der Waals surface area contributed by atoms with Gasteiger partial charge in [0.2, 0.25) is 0 Å². The molecule has 0 spiro atoms. The van der Waals surface area contributed by atoms with Crippen molar-refractivity contribution in [3.05, 3.63) is 54.1 Å². The van der Waals surface area contributed by atoms with Crippen molar-refractivity contribution in [2.24, 2.45) is 5.92 Å². The Morgan fingerprint density at radius 3 is 2.31 bits per heavy atom. The van der Waals surface area contributed by atoms with Crippen molar-refractivity contribution in [1.29, 1.82) is 0 Å². The summed E-state index contributed by atoms with van der Waals surface area (Å²) in [6, 6.07) is 12.4. The van der Waals surface area contributed by atoms with Crippen LogP contribution < -0.4 is 14.8 Å². The number of nitrogens with one attached hydrogen (secondary N) is 1. The van der Waals surface area contributed by atoms with Crippen LogP contribution >= 0.6 is 0 Å². The number of carbonyl (C=O) groups excluding carboxylic acids is 1. The first-order valence-electron chi connectivity index (χ1n) is 11.2. The van der Waals surface area contributed by atoms with Crippen LogP contribution in [0.3, 0.4) is 0 Å². The molecule has 4 rings (SSSR count). The molecule has 0 saturated carbocycles. The molecular formula is C25H25F3N2O5. The smallest absolute Gasteiger partial charge is 0.484 e. The molecule has 1 aromatic heterocycles. The molecule has 3 aromatic rings. The summed E-state index contributed by atoms with van der Waals surface area (Å²) in [6.45, 7) is 3.83. The summed E-state index contributed by atoms with van der Waals surface area (Å²) in [6.07, 6.45) is -2.85. The number of halogens is 3. The molecule has 1 saturated heterocycles. The van der Waals surface area contributed by atoms with E-state index < -0.39 is 6.36 Å². The Hall–Kier alpha value is -3.53. The predicted molar refractivity (Wildman–Crippen MR) is 121 cm³/mol. The van der Waals surface area contributed by atoms with Crippen molar-refractivity contribution >= 4 is 5.91 Å². The van der Waals surface area contributed by atoms with Crippen LogP contribution in [0.15, 0.2) is 53.1 Å². The molecular weight excluding hydrogens is 465 g/mol. The number of rotatable bonds is 8. The van der Waals surface area contributed by atoms with Gasteiger partial charge < -0.3 is 24.1 Å². The highest BCUT2D eigenvalue weighted by atomic mass is 19.4. The summed E-state index contributed by atoms with van der Waals surface area (Å²) < 4.78 is 57.3. The van der Waals surface area contributed by atoms with Gasteiger partial charge in [0.25, 0.3) is 5.91 Å². The van der Waals surface area contributed by atoms with E-state index in [1.54, 1.807) is 24.3 Å². The largest absolute Gasteiger partial charge is 0.573 e. The molecule has 0 radical (unpaired) electrons. The number of aromatic nitrogens is 1. The minimum atomic E-state index is -4.75. The average Bonchev–Trinajstić information content (AvgIpc) is 3.23. The first kappa shape index (κ1) is 24.6. The summed E-state index contributed by atoms with van der Waals surface area (Å²) >= 11 is 0. The third-order valence-corrected chi connectivity index (χ3v) is 5.70. The van der Waals surface area contributed by atoms with Crippen molar-refractivity contribution in [3.8, 4) is 34.1 Å². The lowest BCUT2D eigenvalue weighted by molar-refractivity contribution is -0.274. The van der Waals surface area contributed by atoms with Crippen molar-refractivity contribution in [1.82, 2.24) is 10.5 Å². The van der Waals surface area contributed by atoms with Gasteiger partial charge >= 0.3 is 6.36 Å². The fraction of sp³-hybridized carbons (Fsp3) is 0.360. The molecule has 0 aliphatic carbocycles. The van der Waals surface area contributed by atoms with Crippen LogP contribution in [0, 0.1) is 12.8 Å². The number of ether oxygens (including phenoxy) is 3. The number of hydrogen-bond acceptors (Lipinski definition) is 6. The molecule has 2 aromatic carbocycles. The fourth-order valence-electron chi connectivity index (χ4n) is 3.80. The molecule has 186 valence electrons. The van der Waals surface area contributed by atoms with E-state index in [0.717, 1.165) is 37.2 Å². The minimum absolute atomic E-state index is 0.0796. The van der Waals surface area contributed by atoms with Gasteiger partial charge in [0.15, 0.2) is 12.4 Å². The maximum absolute atomic E-state index is 12.4. The van der Waals surface area contributed by atoms with E-state index in [1.807, 2.05) is 6.92 Å². The average molecular weight is 490 g/mol. The minimum Gasteiger partial charge on any atom is -0.484 e. The zero-order valence-electron chi connectivity index (χ0n) is 19.1. The summed E-state index contributed by atoms with van der Waals surface area (Å²) in [4.78, 5) is 12.1. The van der Waals surface area contributed by atoms with E-state index in [-0.39, 0.29) is 18.3 Å². The maximum atomic E-state index is 12.4. The highest BCUT2D eigenvalue weighted by molar-refractivity contribution is 5.77. The number of hydrogen-bond donors (Lipinski definition) is 1. The van der Waals surface area contributed by atoms with Gasteiger partial charge in [0, 0.05) is 36.4 Å². The quantitative estimate of drug-likeness (QED) is 0.471. The summed E-state index contributed by atoms with van der Waals surface area (Å²) in [5.41, 5.74) is 2.67. The van der Waals surface area contributed by atoms with Crippen LogP contribution in [-0.2, 0) is 9.53 Å². The fourth-order valence-corrected chi connectivity index (χ4v) is 3.80. The Morgan fingerprint density at radius 2 is 1.66 bits per heavy atom. The van der Waals surface area contributed by atoms with Gasteiger partial charge in [-0.3, -0.25) is 4.79 Å². The second-order valence-corrected chi connectivity index (χ2v) is 8.23. The van der Waals surface area contributed by atoms with E-state index in [0.29, 0.717) is 35.2 Å². The van der Waals surface area contributed by atoms with Crippen molar-refractivity contribution in [2.75, 3.05) is 26.4 Å². The highest BCUT2D eigenvalue weighted by Crippen LogP contribution is 2.33. The highest BCUT2D eigenvalue weighted by Gasteiger charge is 2.31. The number of nitrogens with zero attached hydrogens (tertiary/aromatic N) is 1.